The molecule has 1 aromatic carbocycles. The lowest BCUT2D eigenvalue weighted by Gasteiger charge is -2.08. The van der Waals surface area contributed by atoms with E-state index in [9.17, 15) is 16.0 Å². The second-order valence-corrected chi connectivity index (χ2v) is 3.14. The Kier molecular flexibility index (Phi) is 2.08. The molecule has 0 saturated heterocycles. The maximum absolute atomic E-state index is 12.1. The summed E-state index contributed by atoms with van der Waals surface area (Å²) in [6.07, 6.45) is 0. The SMILES string of the molecule is Fc1ccc(S(F)(F)F)cc1. The molecule has 0 aliphatic heterocycles. The Hall–Kier alpha value is -0.710. The summed E-state index contributed by atoms with van der Waals surface area (Å²) in [5.74, 6) is -0.655. The molecule has 0 N–H and O–H groups in total. The smallest absolute Gasteiger partial charge is 0.207 e. The van der Waals surface area contributed by atoms with E-state index in [0.29, 0.717) is 0 Å². The molecule has 0 amide bonds. The highest BCUT2D eigenvalue weighted by atomic mass is 32.3. The Morgan fingerprint density at radius 2 is 1.36 bits per heavy atom. The number of rotatable bonds is 1. The normalized spacial score (nSPS) is 13.1. The second-order valence-electron chi connectivity index (χ2n) is 1.86. The van der Waals surface area contributed by atoms with E-state index >= 15 is 0 Å². The highest BCUT2D eigenvalue weighted by Gasteiger charge is 2.23. The fourth-order valence-electron chi connectivity index (χ4n) is 0.589. The number of hydrogen-bond donors (Lipinski definition) is 0. The second kappa shape index (κ2) is 2.73. The highest BCUT2D eigenvalue weighted by molar-refractivity contribution is 8.20. The van der Waals surface area contributed by atoms with E-state index in [1.807, 2.05) is 0 Å². The molecule has 62 valence electrons. The summed E-state index contributed by atoms with van der Waals surface area (Å²) in [7, 11) is 0. The Bertz CT molecular complexity index is 238. The summed E-state index contributed by atoms with van der Waals surface area (Å²) in [5.41, 5.74) is 0. The monoisotopic (exact) mass is 184 g/mol. The molecule has 0 atom stereocenters. The van der Waals surface area contributed by atoms with E-state index in [-0.39, 0.29) is 0 Å². The van der Waals surface area contributed by atoms with Gasteiger partial charge in [-0.1, -0.05) is 0 Å². The van der Waals surface area contributed by atoms with Crippen LogP contribution in [-0.4, -0.2) is 0 Å². The summed E-state index contributed by atoms with van der Waals surface area (Å²) < 4.78 is 47.8. The van der Waals surface area contributed by atoms with Crippen LogP contribution in [0.1, 0.15) is 0 Å². The minimum absolute atomic E-state index is 0.655. The number of hydrogen-bond acceptors (Lipinski definition) is 0. The fourth-order valence-corrected chi connectivity index (χ4v) is 1.03. The summed E-state index contributed by atoms with van der Waals surface area (Å²) in [6, 6.07) is 3.08. The molecular formula is C6H4F4S. The van der Waals surface area contributed by atoms with Crippen molar-refractivity contribution in [3.8, 4) is 0 Å². The van der Waals surface area contributed by atoms with Crippen molar-refractivity contribution in [1.82, 2.24) is 0 Å². The molecule has 0 radical (unpaired) electrons. The maximum Gasteiger partial charge on any atom is 0.237 e. The van der Waals surface area contributed by atoms with Crippen molar-refractivity contribution in [2.24, 2.45) is 0 Å². The van der Waals surface area contributed by atoms with Crippen LogP contribution in [0, 0.1) is 5.82 Å². The first-order chi connectivity index (χ1) is 5.00. The lowest BCUT2D eigenvalue weighted by Crippen LogP contribution is -1.79. The molecule has 0 nitrogen and oxygen atoms in total. The molecule has 0 aliphatic carbocycles. The highest BCUT2D eigenvalue weighted by Crippen LogP contribution is 2.60. The Balaban J connectivity index is 2.99. The van der Waals surface area contributed by atoms with Gasteiger partial charge < -0.3 is 0 Å². The molecule has 0 spiro atoms. The van der Waals surface area contributed by atoms with E-state index in [4.69, 9.17) is 0 Å². The van der Waals surface area contributed by atoms with Gasteiger partial charge in [0.05, 0.1) is 4.90 Å². The largest absolute Gasteiger partial charge is 0.237 e. The van der Waals surface area contributed by atoms with Crippen molar-refractivity contribution in [2.45, 2.75) is 4.90 Å². The quantitative estimate of drug-likeness (QED) is 0.584. The average molecular weight is 184 g/mol. The Morgan fingerprint density at radius 3 is 1.73 bits per heavy atom. The molecule has 0 aliphatic rings. The van der Waals surface area contributed by atoms with Gasteiger partial charge in [-0.05, 0) is 24.3 Å². The van der Waals surface area contributed by atoms with E-state index in [1.54, 1.807) is 0 Å². The lowest BCUT2D eigenvalue weighted by molar-refractivity contribution is 0.619. The van der Waals surface area contributed by atoms with E-state index in [0.717, 1.165) is 24.3 Å². The van der Waals surface area contributed by atoms with Gasteiger partial charge in [-0.15, -0.1) is 11.7 Å². The van der Waals surface area contributed by atoms with E-state index < -0.39 is 21.9 Å². The summed E-state index contributed by atoms with van der Waals surface area (Å²) >= 11 is -5.19. The van der Waals surface area contributed by atoms with Crippen LogP contribution in [0.15, 0.2) is 29.2 Å². The number of benzene rings is 1. The van der Waals surface area contributed by atoms with E-state index in [2.05, 4.69) is 0 Å². The van der Waals surface area contributed by atoms with Crippen molar-refractivity contribution in [3.05, 3.63) is 30.1 Å². The molecular weight excluding hydrogens is 180 g/mol. The average Bonchev–Trinajstić information content (AvgIpc) is 1.86. The first kappa shape index (κ1) is 8.39. The molecule has 0 aromatic heterocycles. The summed E-state index contributed by atoms with van der Waals surface area (Å²) in [5, 5.41) is 0. The first-order valence-corrected chi connectivity index (χ1v) is 4.01. The molecule has 1 rings (SSSR count). The zero-order chi connectivity index (χ0) is 8.48. The van der Waals surface area contributed by atoms with Crippen molar-refractivity contribution in [1.29, 1.82) is 0 Å². The van der Waals surface area contributed by atoms with Gasteiger partial charge in [0, 0.05) is 0 Å². The van der Waals surface area contributed by atoms with Gasteiger partial charge in [-0.3, -0.25) is 0 Å². The maximum atomic E-state index is 12.1. The fraction of sp³-hybridized carbons (Fsp3) is 0. The third kappa shape index (κ3) is 2.11. The third-order valence-electron chi connectivity index (χ3n) is 1.08. The van der Waals surface area contributed by atoms with Gasteiger partial charge in [0.25, 0.3) is 0 Å². The van der Waals surface area contributed by atoms with Crippen LogP contribution >= 0.6 is 11.2 Å². The summed E-state index contributed by atoms with van der Waals surface area (Å²) in [6.45, 7) is 0. The first-order valence-electron chi connectivity index (χ1n) is 2.68. The minimum Gasteiger partial charge on any atom is -0.207 e. The van der Waals surface area contributed by atoms with Gasteiger partial charge >= 0.3 is 0 Å². The zero-order valence-corrected chi connectivity index (χ0v) is 6.05. The van der Waals surface area contributed by atoms with Gasteiger partial charge in [0.15, 0.2) is 0 Å². The van der Waals surface area contributed by atoms with E-state index in [1.165, 1.54) is 0 Å². The van der Waals surface area contributed by atoms with Crippen molar-refractivity contribution < 1.29 is 16.0 Å². The molecule has 1 aromatic rings. The van der Waals surface area contributed by atoms with Crippen LogP contribution in [0.4, 0.5) is 16.0 Å². The molecule has 5 heteroatoms. The third-order valence-corrected chi connectivity index (χ3v) is 1.89. The van der Waals surface area contributed by atoms with Crippen LogP contribution in [0.5, 0.6) is 0 Å². The van der Waals surface area contributed by atoms with Gasteiger partial charge in [-0.2, -0.15) is 0 Å². The van der Waals surface area contributed by atoms with Crippen molar-refractivity contribution in [2.75, 3.05) is 0 Å². The molecule has 0 saturated carbocycles. The molecule has 11 heavy (non-hydrogen) atoms. The predicted molar refractivity (Wildman–Crippen MR) is 35.6 cm³/mol. The minimum atomic E-state index is -5.19. The Labute approximate surface area is 63.0 Å². The lowest BCUT2D eigenvalue weighted by atomic mass is 10.4. The van der Waals surface area contributed by atoms with Crippen LogP contribution in [0.2, 0.25) is 0 Å². The van der Waals surface area contributed by atoms with Gasteiger partial charge in [0.1, 0.15) is 5.82 Å². The summed E-state index contributed by atoms with van der Waals surface area (Å²) in [4.78, 5) is -0.751. The van der Waals surface area contributed by atoms with Crippen molar-refractivity contribution in [3.63, 3.8) is 0 Å². The van der Waals surface area contributed by atoms with Crippen molar-refractivity contribution >= 4 is 11.2 Å². The van der Waals surface area contributed by atoms with Crippen LogP contribution in [0.3, 0.4) is 0 Å². The van der Waals surface area contributed by atoms with Crippen LogP contribution in [-0.2, 0) is 0 Å². The molecule has 0 unspecified atom stereocenters. The molecule has 0 fully saturated rings. The number of halogens is 4. The zero-order valence-electron chi connectivity index (χ0n) is 5.23. The molecule has 0 bridgehead atoms. The topological polar surface area (TPSA) is 0 Å². The van der Waals surface area contributed by atoms with Gasteiger partial charge in [0.2, 0.25) is 11.2 Å². The standard InChI is InChI=1S/C6H4F4S/c7-5-1-3-6(4-2-5)11(8,9)10/h1-4H. The molecule has 0 heterocycles. The predicted octanol–water partition coefficient (Wildman–Crippen LogP) is 3.64. The Morgan fingerprint density at radius 1 is 0.909 bits per heavy atom. The van der Waals surface area contributed by atoms with Crippen LogP contribution < -0.4 is 0 Å². The van der Waals surface area contributed by atoms with Gasteiger partial charge in [-0.25, -0.2) is 4.39 Å². The van der Waals surface area contributed by atoms with Crippen LogP contribution in [0.25, 0.3) is 0 Å².